The first-order chi connectivity index (χ1) is 9.47. The van der Waals surface area contributed by atoms with E-state index >= 15 is 0 Å². The number of carboxylic acid groups (broad SMARTS) is 1. The summed E-state index contributed by atoms with van der Waals surface area (Å²) < 4.78 is 12.1. The normalized spacial score (nSPS) is 31.8. The van der Waals surface area contributed by atoms with E-state index in [9.17, 15) is 9.90 Å². The van der Waals surface area contributed by atoms with Crippen molar-refractivity contribution in [3.63, 3.8) is 0 Å². The molecule has 1 aromatic carbocycles. The lowest BCUT2D eigenvalue weighted by molar-refractivity contribution is -0.194. The number of aryl methyl sites for hydroxylation is 1. The van der Waals surface area contributed by atoms with E-state index in [0.717, 1.165) is 36.8 Å². The minimum atomic E-state index is -1.32. The van der Waals surface area contributed by atoms with Gasteiger partial charge in [0.2, 0.25) is 0 Å². The number of aliphatic carboxylic acids is 1. The van der Waals surface area contributed by atoms with Crippen molar-refractivity contribution < 1.29 is 19.4 Å². The molecule has 4 heteroatoms. The highest BCUT2D eigenvalue weighted by Crippen LogP contribution is 2.52. The van der Waals surface area contributed by atoms with Gasteiger partial charge in [-0.3, -0.25) is 0 Å². The van der Waals surface area contributed by atoms with Crippen molar-refractivity contribution >= 4 is 5.97 Å². The molecule has 1 saturated heterocycles. The van der Waals surface area contributed by atoms with Crippen LogP contribution in [-0.2, 0) is 14.3 Å². The molecule has 1 saturated carbocycles. The van der Waals surface area contributed by atoms with Crippen molar-refractivity contribution in [2.24, 2.45) is 0 Å². The number of carboxylic acids is 1. The molecule has 1 aromatic rings. The molecule has 2 aliphatic rings. The predicted octanol–water partition coefficient (Wildman–Crippen LogP) is 3.20. The molecular formula is C16H20O4. The van der Waals surface area contributed by atoms with E-state index in [-0.39, 0.29) is 0 Å². The van der Waals surface area contributed by atoms with Gasteiger partial charge in [0.15, 0.2) is 11.4 Å². The number of carbonyl (C=O) groups is 1. The fourth-order valence-corrected chi connectivity index (χ4v) is 3.32. The quantitative estimate of drug-likeness (QED) is 0.901. The molecule has 3 rings (SSSR count). The van der Waals surface area contributed by atoms with Gasteiger partial charge in [-0.1, -0.05) is 24.3 Å². The average Bonchev–Trinajstić information content (AvgIpc) is 2.97. The molecule has 1 aliphatic carbocycles. The Bertz CT molecular complexity index is 533. The topological polar surface area (TPSA) is 55.8 Å². The molecule has 108 valence electrons. The van der Waals surface area contributed by atoms with Crippen molar-refractivity contribution in [2.75, 3.05) is 0 Å². The second-order valence-corrected chi connectivity index (χ2v) is 5.99. The zero-order chi connectivity index (χ0) is 14.4. The zero-order valence-corrected chi connectivity index (χ0v) is 11.9. The zero-order valence-electron chi connectivity index (χ0n) is 11.9. The summed E-state index contributed by atoms with van der Waals surface area (Å²) in [6, 6.07) is 7.75. The third kappa shape index (κ3) is 1.95. The van der Waals surface area contributed by atoms with Crippen LogP contribution < -0.4 is 0 Å². The summed E-state index contributed by atoms with van der Waals surface area (Å²) in [5.41, 5.74) is 0.612. The number of hydrogen-bond donors (Lipinski definition) is 1. The van der Waals surface area contributed by atoms with E-state index in [4.69, 9.17) is 9.47 Å². The first-order valence-corrected chi connectivity index (χ1v) is 7.14. The van der Waals surface area contributed by atoms with Gasteiger partial charge in [-0.15, -0.1) is 0 Å². The van der Waals surface area contributed by atoms with Crippen molar-refractivity contribution in [1.82, 2.24) is 0 Å². The Morgan fingerprint density at radius 1 is 1.30 bits per heavy atom. The van der Waals surface area contributed by atoms with Crippen LogP contribution in [0.2, 0.25) is 0 Å². The number of hydrogen-bond acceptors (Lipinski definition) is 3. The fourth-order valence-electron chi connectivity index (χ4n) is 3.32. The number of benzene rings is 1. The molecule has 20 heavy (non-hydrogen) atoms. The van der Waals surface area contributed by atoms with E-state index in [1.165, 1.54) is 0 Å². The minimum absolute atomic E-state index is 0.556. The van der Waals surface area contributed by atoms with Crippen LogP contribution in [0.5, 0.6) is 0 Å². The summed E-state index contributed by atoms with van der Waals surface area (Å²) in [5.74, 6) is -1.67. The van der Waals surface area contributed by atoms with Crippen LogP contribution in [-0.4, -0.2) is 22.5 Å². The van der Waals surface area contributed by atoms with Gasteiger partial charge in [-0.05, 0) is 37.8 Å². The monoisotopic (exact) mass is 276 g/mol. The molecule has 4 nitrogen and oxygen atoms in total. The van der Waals surface area contributed by atoms with Gasteiger partial charge in [-0.2, -0.15) is 0 Å². The predicted molar refractivity (Wildman–Crippen MR) is 73.3 cm³/mol. The third-order valence-corrected chi connectivity index (χ3v) is 4.49. The molecule has 0 radical (unpaired) electrons. The van der Waals surface area contributed by atoms with Crippen LogP contribution in [0.25, 0.3) is 0 Å². The van der Waals surface area contributed by atoms with Crippen LogP contribution in [0.4, 0.5) is 0 Å². The minimum Gasteiger partial charge on any atom is -0.479 e. The first-order valence-electron chi connectivity index (χ1n) is 7.14. The van der Waals surface area contributed by atoms with E-state index in [1.807, 2.05) is 31.2 Å². The highest BCUT2D eigenvalue weighted by atomic mass is 16.8. The van der Waals surface area contributed by atoms with Crippen LogP contribution in [0.3, 0.4) is 0 Å². The highest BCUT2D eigenvalue weighted by Gasteiger charge is 2.60. The lowest BCUT2D eigenvalue weighted by atomic mass is 9.90. The van der Waals surface area contributed by atoms with Crippen molar-refractivity contribution in [2.45, 2.75) is 57.0 Å². The molecule has 0 amide bonds. The fraction of sp³-hybridized carbons (Fsp3) is 0.562. The van der Waals surface area contributed by atoms with Crippen LogP contribution in [0, 0.1) is 6.92 Å². The summed E-state index contributed by atoms with van der Waals surface area (Å²) in [6.45, 7) is 3.60. The van der Waals surface area contributed by atoms with Crippen LogP contribution in [0.1, 0.15) is 49.8 Å². The summed E-state index contributed by atoms with van der Waals surface area (Å²) in [4.78, 5) is 11.8. The molecule has 2 atom stereocenters. The lowest BCUT2D eigenvalue weighted by Crippen LogP contribution is -2.41. The summed E-state index contributed by atoms with van der Waals surface area (Å²) in [5, 5.41) is 9.63. The highest BCUT2D eigenvalue weighted by molar-refractivity contribution is 5.78. The second kappa shape index (κ2) is 4.57. The molecule has 1 N–H and O–H groups in total. The summed E-state index contributed by atoms with van der Waals surface area (Å²) in [6.07, 6.45) is 3.04. The Labute approximate surface area is 118 Å². The smallest absolute Gasteiger partial charge is 0.338 e. The molecule has 1 aliphatic heterocycles. The van der Waals surface area contributed by atoms with Gasteiger partial charge >= 0.3 is 5.97 Å². The Balaban J connectivity index is 2.03. The maximum Gasteiger partial charge on any atom is 0.338 e. The molecule has 2 fully saturated rings. The Morgan fingerprint density at radius 3 is 2.55 bits per heavy atom. The van der Waals surface area contributed by atoms with E-state index < -0.39 is 23.5 Å². The Morgan fingerprint density at radius 2 is 1.95 bits per heavy atom. The van der Waals surface area contributed by atoms with Crippen LogP contribution >= 0.6 is 0 Å². The largest absolute Gasteiger partial charge is 0.479 e. The first kappa shape index (κ1) is 13.6. The molecular weight excluding hydrogens is 256 g/mol. The van der Waals surface area contributed by atoms with Crippen molar-refractivity contribution in [3.05, 3.63) is 35.4 Å². The van der Waals surface area contributed by atoms with Gasteiger partial charge < -0.3 is 14.6 Å². The Hall–Kier alpha value is -1.39. The van der Waals surface area contributed by atoms with E-state index in [2.05, 4.69) is 0 Å². The Kier molecular flexibility index (Phi) is 3.10. The van der Waals surface area contributed by atoms with Crippen LogP contribution in [0.15, 0.2) is 24.3 Å². The molecule has 1 spiro atoms. The molecule has 1 heterocycles. The second-order valence-electron chi connectivity index (χ2n) is 5.99. The maximum absolute atomic E-state index is 11.8. The van der Waals surface area contributed by atoms with Gasteiger partial charge in [0.25, 0.3) is 0 Å². The average molecular weight is 276 g/mol. The molecule has 0 bridgehead atoms. The van der Waals surface area contributed by atoms with Gasteiger partial charge in [0, 0.05) is 12.8 Å². The maximum atomic E-state index is 11.8. The molecule has 0 aromatic heterocycles. The number of rotatable bonds is 2. The molecule has 0 unspecified atom stereocenters. The lowest BCUT2D eigenvalue weighted by Gasteiger charge is -2.25. The van der Waals surface area contributed by atoms with Crippen molar-refractivity contribution in [3.8, 4) is 0 Å². The van der Waals surface area contributed by atoms with E-state index in [1.54, 1.807) is 6.92 Å². The summed E-state index contributed by atoms with van der Waals surface area (Å²) in [7, 11) is 0. The third-order valence-electron chi connectivity index (χ3n) is 4.49. The standard InChI is InChI=1S/C16H20O4/c1-11-7-3-4-8-12(11)13-15(2,14(17)18)20-16(19-13)9-5-6-10-16/h3-4,7-8,13H,5-6,9-10H2,1-2H3,(H,17,18)/t13-,15+/m0/s1. The van der Waals surface area contributed by atoms with Gasteiger partial charge in [0.1, 0.15) is 6.10 Å². The van der Waals surface area contributed by atoms with Crippen molar-refractivity contribution in [1.29, 1.82) is 0 Å². The summed E-state index contributed by atoms with van der Waals surface area (Å²) >= 11 is 0. The van der Waals surface area contributed by atoms with E-state index in [0.29, 0.717) is 0 Å². The van der Waals surface area contributed by atoms with Gasteiger partial charge in [0.05, 0.1) is 0 Å². The van der Waals surface area contributed by atoms with Gasteiger partial charge in [-0.25, -0.2) is 4.79 Å². The SMILES string of the molecule is Cc1ccccc1[C@@H]1OC2(CCCC2)O[C@@]1(C)C(=O)O. The number of ether oxygens (including phenoxy) is 2.